The Morgan fingerprint density at radius 1 is 0.619 bits per heavy atom. The van der Waals surface area contributed by atoms with Gasteiger partial charge < -0.3 is 5.11 Å². The summed E-state index contributed by atoms with van der Waals surface area (Å²) in [4.78, 5) is 10.3. The van der Waals surface area contributed by atoms with Crippen molar-refractivity contribution in [1.29, 1.82) is 0 Å². The van der Waals surface area contributed by atoms with Crippen LogP contribution in [0, 0.1) is 0 Å². The summed E-state index contributed by atoms with van der Waals surface area (Å²) >= 11 is 0. The minimum atomic E-state index is -0.653. The molecule has 2 nitrogen and oxygen atoms in total. The number of carboxylic acid groups (broad SMARTS) is 1. The van der Waals surface area contributed by atoms with Crippen LogP contribution in [0.1, 0.15) is 110 Å². The van der Waals surface area contributed by atoms with Crippen molar-refractivity contribution in [3.8, 4) is 0 Å². The summed E-state index contributed by atoms with van der Waals surface area (Å²) in [5.74, 6) is -0.653. The van der Waals surface area contributed by atoms with E-state index in [2.05, 4.69) is 6.92 Å². The van der Waals surface area contributed by atoms with Gasteiger partial charge in [0.05, 0.1) is 0 Å². The van der Waals surface area contributed by atoms with Gasteiger partial charge in [0, 0.05) is 6.42 Å². The van der Waals surface area contributed by atoms with E-state index in [-0.39, 0.29) is 10.1 Å². The normalized spacial score (nSPS) is 10.3. The molecule has 0 aromatic heterocycles. The van der Waals surface area contributed by atoms with Gasteiger partial charge >= 0.3 is 16.1 Å². The Morgan fingerprint density at radius 2 is 0.905 bits per heavy atom. The van der Waals surface area contributed by atoms with E-state index in [1.165, 1.54) is 83.5 Å². The summed E-state index contributed by atoms with van der Waals surface area (Å²) in [5.41, 5.74) is 0. The van der Waals surface area contributed by atoms with Crippen LogP contribution < -0.4 is 0 Å². The van der Waals surface area contributed by atoms with Crippen molar-refractivity contribution < 1.29 is 9.90 Å². The molecule has 0 unspecified atom stereocenters. The Kier molecular flexibility index (Phi) is 21.4. The number of carboxylic acids is 1. The second kappa shape index (κ2) is 19.6. The molecule has 0 bridgehead atoms. The van der Waals surface area contributed by atoms with Crippen LogP contribution in [-0.2, 0) is 4.79 Å². The molecule has 1 N–H and O–H groups in total. The Balaban J connectivity index is 0. The quantitative estimate of drug-likeness (QED) is 0.305. The fourth-order valence-electron chi connectivity index (χ4n) is 2.65. The Morgan fingerprint density at radius 3 is 1.19 bits per heavy atom. The molecule has 0 saturated heterocycles. The van der Waals surface area contributed by atoms with Crippen LogP contribution in [-0.4, -0.2) is 21.2 Å². The molecule has 0 radical (unpaired) electrons. The first-order valence-corrected chi connectivity index (χ1v) is 8.99. The van der Waals surface area contributed by atoms with Gasteiger partial charge in [-0.25, -0.2) is 0 Å². The first-order valence-electron chi connectivity index (χ1n) is 8.99. The van der Waals surface area contributed by atoms with Crippen molar-refractivity contribution in [2.75, 3.05) is 0 Å². The molecule has 0 aliphatic rings. The molecule has 0 saturated carbocycles. The molecule has 0 spiro atoms. The standard InChI is InChI=1S/C18H36O2.Be.2H/c1-2-3-4-5-6-7-8-9-10-11-12-13-14-15-16-17-18(19)20;;;/h2-17H2,1H3,(H,19,20);;;. The van der Waals surface area contributed by atoms with E-state index in [1.807, 2.05) is 0 Å². The first kappa shape index (κ1) is 22.9. The maximum absolute atomic E-state index is 10.3. The Hall–Kier alpha value is -0.361. The minimum absolute atomic E-state index is 0. The van der Waals surface area contributed by atoms with Crippen molar-refractivity contribution in [1.82, 2.24) is 0 Å². The number of aliphatic carboxylic acids is 1. The summed E-state index contributed by atoms with van der Waals surface area (Å²) < 4.78 is 0. The van der Waals surface area contributed by atoms with Gasteiger partial charge in [0.25, 0.3) is 0 Å². The van der Waals surface area contributed by atoms with Gasteiger partial charge in [0.15, 0.2) is 0 Å². The molecule has 3 heteroatoms. The van der Waals surface area contributed by atoms with Crippen LogP contribution in [0.25, 0.3) is 0 Å². The molecule has 0 aliphatic carbocycles. The van der Waals surface area contributed by atoms with E-state index in [4.69, 9.17) is 5.11 Å². The predicted octanol–water partition coefficient (Wildman–Crippen LogP) is 5.42. The van der Waals surface area contributed by atoms with Gasteiger partial charge in [-0.2, -0.15) is 0 Å². The SMILES string of the molecule is CCCCCCCCCCCCCCCCCC(=O)O.[BeH2]. The van der Waals surface area contributed by atoms with Gasteiger partial charge in [0.2, 0.25) is 0 Å². The second-order valence-corrected chi connectivity index (χ2v) is 6.09. The zero-order valence-corrected chi connectivity index (χ0v) is 13.7. The van der Waals surface area contributed by atoms with Gasteiger partial charge in [-0.15, -0.1) is 0 Å². The zero-order chi connectivity index (χ0) is 14.9. The Bertz CT molecular complexity index is 207. The molecular formula is C18H38BeO2. The van der Waals surface area contributed by atoms with E-state index in [1.54, 1.807) is 0 Å². The topological polar surface area (TPSA) is 37.3 Å². The Labute approximate surface area is 136 Å². The van der Waals surface area contributed by atoms with Crippen LogP contribution >= 0.6 is 0 Å². The molecule has 0 aromatic carbocycles. The van der Waals surface area contributed by atoms with Crippen LogP contribution in [0.3, 0.4) is 0 Å². The molecule has 21 heavy (non-hydrogen) atoms. The molecule has 0 rings (SSSR count). The number of hydrogen-bond donors (Lipinski definition) is 1. The summed E-state index contributed by atoms with van der Waals surface area (Å²) in [7, 11) is 0. The van der Waals surface area contributed by atoms with Gasteiger partial charge in [-0.1, -0.05) is 96.8 Å². The third kappa shape index (κ3) is 22.1. The van der Waals surface area contributed by atoms with E-state index in [0.29, 0.717) is 6.42 Å². The molecular weight excluding hydrogens is 257 g/mol. The summed E-state index contributed by atoms with van der Waals surface area (Å²) in [6.45, 7) is 2.27. The third-order valence-corrected chi connectivity index (χ3v) is 3.99. The van der Waals surface area contributed by atoms with Gasteiger partial charge in [-0.05, 0) is 6.42 Å². The van der Waals surface area contributed by atoms with Crippen molar-refractivity contribution in [3.63, 3.8) is 0 Å². The molecule has 0 fully saturated rings. The summed E-state index contributed by atoms with van der Waals surface area (Å²) in [5, 5.41) is 8.52. The fourth-order valence-corrected chi connectivity index (χ4v) is 2.65. The predicted molar refractivity (Wildman–Crippen MR) is 95.7 cm³/mol. The number of rotatable bonds is 16. The molecule has 0 atom stereocenters. The number of hydrogen-bond acceptors (Lipinski definition) is 1. The average molecular weight is 296 g/mol. The monoisotopic (exact) mass is 295 g/mol. The molecule has 0 aromatic rings. The summed E-state index contributed by atoms with van der Waals surface area (Å²) in [6.07, 6.45) is 20.2. The van der Waals surface area contributed by atoms with Crippen molar-refractivity contribution >= 4 is 16.1 Å². The maximum atomic E-state index is 10.3. The van der Waals surface area contributed by atoms with Crippen molar-refractivity contribution in [2.45, 2.75) is 110 Å². The zero-order valence-electron chi connectivity index (χ0n) is 13.7. The average Bonchev–Trinajstić information content (AvgIpc) is 2.43. The molecule has 0 heterocycles. The fraction of sp³-hybridized carbons (Fsp3) is 0.944. The molecule has 0 amide bonds. The van der Waals surface area contributed by atoms with Crippen LogP contribution in [0.15, 0.2) is 0 Å². The van der Waals surface area contributed by atoms with Gasteiger partial charge in [0.1, 0.15) is 0 Å². The first-order chi connectivity index (χ1) is 9.77. The van der Waals surface area contributed by atoms with Crippen LogP contribution in [0.2, 0.25) is 0 Å². The third-order valence-electron chi connectivity index (χ3n) is 3.99. The van der Waals surface area contributed by atoms with E-state index in [0.717, 1.165) is 12.8 Å². The van der Waals surface area contributed by atoms with E-state index < -0.39 is 5.97 Å². The van der Waals surface area contributed by atoms with Crippen LogP contribution in [0.4, 0.5) is 0 Å². The molecule has 124 valence electrons. The van der Waals surface area contributed by atoms with Crippen molar-refractivity contribution in [3.05, 3.63) is 0 Å². The van der Waals surface area contributed by atoms with Gasteiger partial charge in [-0.3, -0.25) is 4.79 Å². The summed E-state index contributed by atoms with van der Waals surface area (Å²) in [6, 6.07) is 0. The number of carbonyl (C=O) groups is 1. The van der Waals surface area contributed by atoms with Crippen LogP contribution in [0.5, 0.6) is 0 Å². The second-order valence-electron chi connectivity index (χ2n) is 6.09. The number of unbranched alkanes of at least 4 members (excludes halogenated alkanes) is 14. The van der Waals surface area contributed by atoms with E-state index >= 15 is 0 Å². The molecule has 0 aliphatic heterocycles. The van der Waals surface area contributed by atoms with Crippen molar-refractivity contribution in [2.24, 2.45) is 0 Å². The van der Waals surface area contributed by atoms with E-state index in [9.17, 15) is 4.79 Å².